The van der Waals surface area contributed by atoms with Gasteiger partial charge < -0.3 is 15.4 Å². The smallest absolute Gasteiger partial charge is 0.243 e. The number of aromatic nitrogens is 6. The van der Waals surface area contributed by atoms with Gasteiger partial charge in [0, 0.05) is 44.3 Å². The number of halogens is 1. The number of alkyl halides is 1. The Morgan fingerprint density at radius 2 is 2.03 bits per heavy atom. The fourth-order valence-electron chi connectivity index (χ4n) is 4.45. The predicted octanol–water partition coefficient (Wildman–Crippen LogP) is 1.70. The number of anilines is 2. The number of nitrogens with one attached hydrogen (secondary N) is 2. The summed E-state index contributed by atoms with van der Waals surface area (Å²) in [6, 6.07) is 5.83. The summed E-state index contributed by atoms with van der Waals surface area (Å²) in [7, 11) is 1.81. The summed E-state index contributed by atoms with van der Waals surface area (Å²) in [5, 5.41) is 15.6. The van der Waals surface area contributed by atoms with E-state index in [1.165, 1.54) is 0 Å². The summed E-state index contributed by atoms with van der Waals surface area (Å²) in [4.78, 5) is 11.1. The number of hydrogen-bond donors (Lipinski definition) is 2. The van der Waals surface area contributed by atoms with Crippen LogP contribution in [0.15, 0.2) is 36.8 Å². The summed E-state index contributed by atoms with van der Waals surface area (Å²) in [5.41, 5.74) is 3.28. The molecule has 2 aliphatic rings. The minimum atomic E-state index is -0.993. The first kappa shape index (κ1) is 19.4. The van der Waals surface area contributed by atoms with Gasteiger partial charge in [0.25, 0.3) is 0 Å². The van der Waals surface area contributed by atoms with Crippen LogP contribution in [-0.4, -0.2) is 85.7 Å². The lowest BCUT2D eigenvalue weighted by molar-refractivity contribution is -0.0794. The first-order chi connectivity index (χ1) is 15.7. The molecule has 0 saturated carbocycles. The standard InChI is InChI=1S/C21H24FN9O/c1-23-20-19-14(16-2-3-18-24-6-9-30(18)27-16)4-8-31(19)28-21(26-20)25-17-5-7-29(10-15(17)22)13-11-32-12-13/h2-4,6,8-9,13,15,17H,5,7,10-12H2,1H3,(H2,23,25,26,28)/t15-,17+/m0/s1. The molecule has 0 amide bonds. The van der Waals surface area contributed by atoms with E-state index in [2.05, 4.69) is 35.7 Å². The summed E-state index contributed by atoms with van der Waals surface area (Å²) in [6.45, 7) is 2.65. The van der Waals surface area contributed by atoms with Gasteiger partial charge in [0.05, 0.1) is 31.0 Å². The van der Waals surface area contributed by atoms with Crippen molar-refractivity contribution >= 4 is 22.9 Å². The van der Waals surface area contributed by atoms with Crippen molar-refractivity contribution in [3.05, 3.63) is 36.8 Å². The molecule has 6 rings (SSSR count). The second kappa shape index (κ2) is 7.68. The van der Waals surface area contributed by atoms with Gasteiger partial charge in [-0.1, -0.05) is 0 Å². The number of fused-ring (bicyclic) bond motifs is 2. The van der Waals surface area contributed by atoms with Crippen molar-refractivity contribution in [2.24, 2.45) is 0 Å². The van der Waals surface area contributed by atoms with E-state index in [1.807, 2.05) is 37.6 Å². The molecule has 6 heterocycles. The van der Waals surface area contributed by atoms with Crippen LogP contribution in [0.1, 0.15) is 6.42 Å². The van der Waals surface area contributed by atoms with Crippen LogP contribution in [-0.2, 0) is 4.74 Å². The monoisotopic (exact) mass is 437 g/mol. The minimum absolute atomic E-state index is 0.324. The third kappa shape index (κ3) is 3.24. The lowest BCUT2D eigenvalue weighted by Crippen LogP contribution is -2.57. The molecule has 2 fully saturated rings. The third-order valence-corrected chi connectivity index (χ3v) is 6.30. The summed E-state index contributed by atoms with van der Waals surface area (Å²) < 4.78 is 23.6. The number of nitrogens with zero attached hydrogens (tertiary/aromatic N) is 7. The molecule has 0 bridgehead atoms. The molecular formula is C21H24FN9O. The maximum absolute atomic E-state index is 14.9. The fraction of sp³-hybridized carbons (Fsp3) is 0.429. The van der Waals surface area contributed by atoms with Gasteiger partial charge in [0.2, 0.25) is 5.95 Å². The van der Waals surface area contributed by atoms with Crippen LogP contribution in [0.4, 0.5) is 16.2 Å². The third-order valence-electron chi connectivity index (χ3n) is 6.30. The molecule has 11 heteroatoms. The van der Waals surface area contributed by atoms with E-state index in [0.717, 1.165) is 29.0 Å². The van der Waals surface area contributed by atoms with Crippen LogP contribution in [0, 0.1) is 0 Å². The van der Waals surface area contributed by atoms with E-state index in [0.29, 0.717) is 44.0 Å². The summed E-state index contributed by atoms with van der Waals surface area (Å²) >= 11 is 0. The van der Waals surface area contributed by atoms with E-state index in [4.69, 9.17) is 4.74 Å². The van der Waals surface area contributed by atoms with Gasteiger partial charge in [-0.25, -0.2) is 18.4 Å². The molecule has 2 atom stereocenters. The van der Waals surface area contributed by atoms with E-state index in [9.17, 15) is 4.39 Å². The highest BCUT2D eigenvalue weighted by molar-refractivity contribution is 5.87. The van der Waals surface area contributed by atoms with Crippen LogP contribution in [0.3, 0.4) is 0 Å². The van der Waals surface area contributed by atoms with Crippen LogP contribution < -0.4 is 10.6 Å². The van der Waals surface area contributed by atoms with Crippen molar-refractivity contribution in [1.29, 1.82) is 0 Å². The van der Waals surface area contributed by atoms with Gasteiger partial charge in [-0.3, -0.25) is 4.90 Å². The molecule has 0 aliphatic carbocycles. The Hall–Kier alpha value is -3.31. The lowest BCUT2D eigenvalue weighted by Gasteiger charge is -2.42. The van der Waals surface area contributed by atoms with Crippen molar-refractivity contribution in [3.8, 4) is 11.3 Å². The highest BCUT2D eigenvalue weighted by Gasteiger charge is 2.35. The SMILES string of the molecule is CNc1nc(N[C@@H]2CCN(C3COC3)C[C@@H]2F)nn2ccc(-c3ccc4nccn4n3)c12. The van der Waals surface area contributed by atoms with Crippen molar-refractivity contribution in [1.82, 2.24) is 34.1 Å². The lowest BCUT2D eigenvalue weighted by atomic mass is 10.0. The Morgan fingerprint density at radius 1 is 1.12 bits per heavy atom. The van der Waals surface area contributed by atoms with Crippen molar-refractivity contribution < 1.29 is 9.13 Å². The van der Waals surface area contributed by atoms with Crippen LogP contribution >= 0.6 is 0 Å². The van der Waals surface area contributed by atoms with E-state index in [1.54, 1.807) is 15.2 Å². The molecule has 0 spiro atoms. The molecular weight excluding hydrogens is 413 g/mol. The molecule has 32 heavy (non-hydrogen) atoms. The quantitative estimate of drug-likeness (QED) is 0.487. The average molecular weight is 437 g/mol. The van der Waals surface area contributed by atoms with Crippen LogP contribution in [0.2, 0.25) is 0 Å². The number of ether oxygens (including phenoxy) is 1. The van der Waals surface area contributed by atoms with Gasteiger partial charge in [-0.2, -0.15) is 10.1 Å². The fourth-order valence-corrected chi connectivity index (χ4v) is 4.45. The van der Waals surface area contributed by atoms with E-state index < -0.39 is 6.17 Å². The molecule has 4 aromatic rings. The van der Waals surface area contributed by atoms with Crippen molar-refractivity contribution in [2.45, 2.75) is 24.7 Å². The first-order valence-electron chi connectivity index (χ1n) is 10.8. The Balaban J connectivity index is 1.28. The van der Waals surface area contributed by atoms with Gasteiger partial charge >= 0.3 is 0 Å². The van der Waals surface area contributed by atoms with Gasteiger partial charge in [0.1, 0.15) is 11.7 Å². The van der Waals surface area contributed by atoms with Crippen LogP contribution in [0.25, 0.3) is 22.4 Å². The number of imidazole rings is 1. The topological polar surface area (TPSA) is 96.9 Å². The van der Waals surface area contributed by atoms with Gasteiger partial charge in [0.15, 0.2) is 11.5 Å². The largest absolute Gasteiger partial charge is 0.378 e. The first-order valence-corrected chi connectivity index (χ1v) is 10.8. The molecule has 0 unspecified atom stereocenters. The zero-order valence-corrected chi connectivity index (χ0v) is 17.6. The Labute approximate surface area is 183 Å². The minimum Gasteiger partial charge on any atom is -0.378 e. The van der Waals surface area contributed by atoms with Crippen molar-refractivity contribution in [2.75, 3.05) is 44.0 Å². The van der Waals surface area contributed by atoms with Crippen molar-refractivity contribution in [3.63, 3.8) is 0 Å². The zero-order valence-electron chi connectivity index (χ0n) is 17.6. The second-order valence-corrected chi connectivity index (χ2v) is 8.25. The number of hydrogen-bond acceptors (Lipinski definition) is 8. The zero-order chi connectivity index (χ0) is 21.7. The Morgan fingerprint density at radius 3 is 2.81 bits per heavy atom. The van der Waals surface area contributed by atoms with Gasteiger partial charge in [-0.15, -0.1) is 5.10 Å². The molecule has 166 valence electrons. The molecule has 2 N–H and O–H groups in total. The highest BCUT2D eigenvalue weighted by atomic mass is 19.1. The second-order valence-electron chi connectivity index (χ2n) is 8.25. The highest BCUT2D eigenvalue weighted by Crippen LogP contribution is 2.29. The number of likely N-dealkylation sites (tertiary alicyclic amines) is 1. The molecule has 2 saturated heterocycles. The maximum Gasteiger partial charge on any atom is 0.243 e. The summed E-state index contributed by atoms with van der Waals surface area (Å²) in [5.74, 6) is 1.05. The van der Waals surface area contributed by atoms with E-state index >= 15 is 0 Å². The number of rotatable bonds is 5. The molecule has 10 nitrogen and oxygen atoms in total. The number of piperidine rings is 1. The normalized spacial score (nSPS) is 22.3. The molecule has 0 radical (unpaired) electrons. The molecule has 4 aromatic heterocycles. The van der Waals surface area contributed by atoms with Gasteiger partial charge in [-0.05, 0) is 24.6 Å². The predicted molar refractivity (Wildman–Crippen MR) is 118 cm³/mol. The Kier molecular flexibility index (Phi) is 4.65. The van der Waals surface area contributed by atoms with E-state index in [-0.39, 0.29) is 6.04 Å². The van der Waals surface area contributed by atoms with Crippen LogP contribution in [0.5, 0.6) is 0 Å². The Bertz CT molecular complexity index is 1270. The summed E-state index contributed by atoms with van der Waals surface area (Å²) in [6.07, 6.45) is 5.09. The molecule has 0 aromatic carbocycles. The maximum atomic E-state index is 14.9. The average Bonchev–Trinajstić information content (AvgIpc) is 3.40. The molecule has 2 aliphatic heterocycles.